The van der Waals surface area contributed by atoms with E-state index in [9.17, 15) is 0 Å². The van der Waals surface area contributed by atoms with Crippen molar-refractivity contribution in [2.24, 2.45) is 0 Å². The lowest BCUT2D eigenvalue weighted by atomic mass is 9.81. The first-order valence-electron chi connectivity index (χ1n) is 12.1. The van der Waals surface area contributed by atoms with Gasteiger partial charge in [-0.3, -0.25) is 0 Å². The molecule has 33 heavy (non-hydrogen) atoms. The molecule has 0 atom stereocenters. The van der Waals surface area contributed by atoms with Gasteiger partial charge < -0.3 is 4.74 Å². The third-order valence-electron chi connectivity index (χ3n) is 8.14. The largest absolute Gasteiger partial charge is 0.476 e. The average Bonchev–Trinajstić information content (AvgIpc) is 3.45. The van der Waals surface area contributed by atoms with E-state index in [1.807, 2.05) is 0 Å². The average molecular weight is 430 g/mol. The maximum Gasteiger partial charge on any atom is 0.217 e. The van der Waals surface area contributed by atoms with Gasteiger partial charge >= 0.3 is 0 Å². The summed E-state index contributed by atoms with van der Waals surface area (Å²) in [6, 6.07) is 24.6. The van der Waals surface area contributed by atoms with Crippen LogP contribution < -0.4 is 4.74 Å². The zero-order valence-corrected chi connectivity index (χ0v) is 19.2. The van der Waals surface area contributed by atoms with Crippen LogP contribution in [0, 0.1) is 13.8 Å². The fourth-order valence-corrected chi connectivity index (χ4v) is 6.48. The summed E-state index contributed by atoms with van der Waals surface area (Å²) in [4.78, 5) is 5.17. The molecule has 2 heteroatoms. The number of fused-ring (bicyclic) bond motifs is 6. The number of benzene rings is 4. The number of rotatable bonds is 1. The number of aryl methyl sites for hydroxylation is 2. The van der Waals surface area contributed by atoms with Crippen molar-refractivity contribution in [1.82, 2.24) is 4.98 Å². The molecular formula is C31H27NO. The Labute approximate surface area is 194 Å². The van der Waals surface area contributed by atoms with Gasteiger partial charge in [0.2, 0.25) is 5.88 Å². The first kappa shape index (κ1) is 19.1. The van der Waals surface area contributed by atoms with E-state index >= 15 is 0 Å². The van der Waals surface area contributed by atoms with Gasteiger partial charge in [0.25, 0.3) is 0 Å². The van der Waals surface area contributed by atoms with Crippen LogP contribution in [0.25, 0.3) is 43.6 Å². The van der Waals surface area contributed by atoms with E-state index in [0.29, 0.717) is 0 Å². The molecule has 1 spiro atoms. The van der Waals surface area contributed by atoms with Crippen LogP contribution >= 0.6 is 0 Å². The highest BCUT2D eigenvalue weighted by Gasteiger charge is 2.43. The maximum atomic E-state index is 6.22. The van der Waals surface area contributed by atoms with Gasteiger partial charge in [-0.15, -0.1) is 0 Å². The van der Waals surface area contributed by atoms with E-state index in [1.165, 1.54) is 80.4 Å². The van der Waals surface area contributed by atoms with Crippen LogP contribution in [0.2, 0.25) is 0 Å². The molecule has 0 radical (unpaired) electrons. The van der Waals surface area contributed by atoms with Gasteiger partial charge in [0.1, 0.15) is 0 Å². The first-order valence-corrected chi connectivity index (χ1v) is 12.1. The van der Waals surface area contributed by atoms with E-state index in [0.717, 1.165) is 18.0 Å². The number of pyridine rings is 1. The van der Waals surface area contributed by atoms with Crippen LogP contribution in [0.4, 0.5) is 0 Å². The van der Waals surface area contributed by atoms with Crippen LogP contribution in [0.3, 0.4) is 0 Å². The molecule has 2 nitrogen and oxygen atoms in total. The minimum atomic E-state index is 0.193. The minimum Gasteiger partial charge on any atom is -0.476 e. The number of aromatic nitrogens is 1. The van der Waals surface area contributed by atoms with E-state index in [-0.39, 0.29) is 5.41 Å². The quantitative estimate of drug-likeness (QED) is 0.199. The first-order chi connectivity index (χ1) is 16.1. The molecule has 1 aliphatic heterocycles. The topological polar surface area (TPSA) is 22.1 Å². The summed E-state index contributed by atoms with van der Waals surface area (Å²) >= 11 is 0. The molecule has 7 rings (SSSR count). The molecule has 0 unspecified atom stereocenters. The summed E-state index contributed by atoms with van der Waals surface area (Å²) in [5.74, 6) is 0.860. The number of hydrogen-bond donors (Lipinski definition) is 0. The lowest BCUT2D eigenvalue weighted by Gasteiger charge is -2.21. The number of ether oxygens (including phenoxy) is 1. The number of hydrogen-bond acceptors (Lipinski definition) is 2. The number of nitrogens with zero attached hydrogens (tertiary/aromatic N) is 1. The zero-order chi connectivity index (χ0) is 22.2. The fraction of sp³-hybridized carbons (Fsp3) is 0.258. The van der Waals surface area contributed by atoms with E-state index in [4.69, 9.17) is 9.72 Å². The van der Waals surface area contributed by atoms with Gasteiger partial charge in [0, 0.05) is 21.8 Å². The third kappa shape index (κ3) is 2.64. The Bertz CT molecular complexity index is 1570. The van der Waals surface area contributed by atoms with Crippen molar-refractivity contribution in [2.45, 2.75) is 44.9 Å². The lowest BCUT2D eigenvalue weighted by Crippen LogP contribution is -2.23. The van der Waals surface area contributed by atoms with Crippen LogP contribution in [0.1, 0.15) is 42.4 Å². The molecule has 4 aromatic carbocycles. The molecule has 2 aliphatic rings. The van der Waals surface area contributed by atoms with Crippen LogP contribution in [0.15, 0.2) is 66.7 Å². The van der Waals surface area contributed by atoms with Crippen LogP contribution in [-0.2, 0) is 5.41 Å². The van der Waals surface area contributed by atoms with Gasteiger partial charge in [0.15, 0.2) is 0 Å². The molecule has 1 aliphatic carbocycles. The van der Waals surface area contributed by atoms with Crippen LogP contribution in [0.5, 0.6) is 5.88 Å². The molecule has 162 valence electrons. The van der Waals surface area contributed by atoms with Crippen molar-refractivity contribution < 1.29 is 4.74 Å². The van der Waals surface area contributed by atoms with E-state index < -0.39 is 0 Å². The highest BCUT2D eigenvalue weighted by atomic mass is 16.5. The van der Waals surface area contributed by atoms with Crippen molar-refractivity contribution in [2.75, 3.05) is 6.61 Å². The Morgan fingerprint density at radius 1 is 0.727 bits per heavy atom. The normalized spacial score (nSPS) is 16.7. The van der Waals surface area contributed by atoms with Crippen molar-refractivity contribution in [1.29, 1.82) is 0 Å². The summed E-state index contributed by atoms with van der Waals surface area (Å²) in [6.45, 7) is 5.23. The van der Waals surface area contributed by atoms with Gasteiger partial charge in [-0.2, -0.15) is 0 Å². The molecular weight excluding hydrogens is 402 g/mol. The molecule has 1 saturated carbocycles. The standard InChI is InChI=1S/C31H27NO/c1-19-8-7-9-20(2)27(19)28-23-11-4-3-10-21(23)16-25-24(28)13-12-22-17-26-30(32-29(22)25)33-18-31(26)14-5-6-15-31/h3-4,7-13,16-17H,5-6,14-15,18H2,1-2H3. The molecule has 2 heterocycles. The summed E-state index contributed by atoms with van der Waals surface area (Å²) < 4.78 is 6.22. The third-order valence-corrected chi connectivity index (χ3v) is 8.14. The predicted molar refractivity (Wildman–Crippen MR) is 137 cm³/mol. The Morgan fingerprint density at radius 2 is 1.52 bits per heavy atom. The molecule has 0 N–H and O–H groups in total. The molecule has 1 fully saturated rings. The van der Waals surface area contributed by atoms with Gasteiger partial charge in [0.05, 0.1) is 12.1 Å². The molecule has 1 aromatic heterocycles. The van der Waals surface area contributed by atoms with Crippen LogP contribution in [-0.4, -0.2) is 11.6 Å². The Morgan fingerprint density at radius 3 is 2.33 bits per heavy atom. The van der Waals surface area contributed by atoms with Crippen molar-refractivity contribution in [3.05, 3.63) is 83.4 Å². The molecule has 5 aromatic rings. The molecule has 0 amide bonds. The monoisotopic (exact) mass is 429 g/mol. The second-order valence-corrected chi connectivity index (χ2v) is 10.1. The highest BCUT2D eigenvalue weighted by molar-refractivity contribution is 6.19. The molecule has 0 bridgehead atoms. The highest BCUT2D eigenvalue weighted by Crippen LogP contribution is 2.50. The van der Waals surface area contributed by atoms with E-state index in [2.05, 4.69) is 80.6 Å². The fourth-order valence-electron chi connectivity index (χ4n) is 6.48. The van der Waals surface area contributed by atoms with Gasteiger partial charge in [-0.1, -0.05) is 67.4 Å². The minimum absolute atomic E-state index is 0.193. The second-order valence-electron chi connectivity index (χ2n) is 10.1. The Kier molecular flexibility index (Phi) is 3.94. The summed E-state index contributed by atoms with van der Waals surface area (Å²) in [6.07, 6.45) is 5.04. The SMILES string of the molecule is Cc1cccc(C)c1-c1c2ccccc2cc2c1ccc1cc3c(nc12)OCC31CCCC1. The zero-order valence-electron chi connectivity index (χ0n) is 19.2. The summed E-state index contributed by atoms with van der Waals surface area (Å²) in [5.41, 5.74) is 7.85. The van der Waals surface area contributed by atoms with E-state index in [1.54, 1.807) is 0 Å². The predicted octanol–water partition coefficient (Wildman–Crippen LogP) is 8.03. The summed E-state index contributed by atoms with van der Waals surface area (Å²) in [5, 5.41) is 6.25. The van der Waals surface area contributed by atoms with Crippen molar-refractivity contribution >= 4 is 32.4 Å². The maximum absolute atomic E-state index is 6.22. The van der Waals surface area contributed by atoms with Gasteiger partial charge in [-0.05, 0) is 77.2 Å². The van der Waals surface area contributed by atoms with Gasteiger partial charge in [-0.25, -0.2) is 4.98 Å². The Hall–Kier alpha value is -3.39. The second kappa shape index (κ2) is 6.81. The van der Waals surface area contributed by atoms with Crippen molar-refractivity contribution in [3.8, 4) is 17.0 Å². The van der Waals surface area contributed by atoms with Crippen molar-refractivity contribution in [3.63, 3.8) is 0 Å². The lowest BCUT2D eigenvalue weighted by molar-refractivity contribution is 0.262. The molecule has 0 saturated heterocycles. The Balaban J connectivity index is 1.60. The summed E-state index contributed by atoms with van der Waals surface area (Å²) in [7, 11) is 0. The smallest absolute Gasteiger partial charge is 0.217 e.